The molecule has 1 aliphatic carbocycles. The summed E-state index contributed by atoms with van der Waals surface area (Å²) in [7, 11) is 1.72. The highest BCUT2D eigenvalue weighted by molar-refractivity contribution is 5.68. The lowest BCUT2D eigenvalue weighted by atomic mass is 9.91. The van der Waals surface area contributed by atoms with E-state index < -0.39 is 0 Å². The SMILES string of the molecule is COCCNC1CCC(Nc2cc(-c3cnnc(NCC4CCOCC4)c3)c(F)cn2)CC1. The van der Waals surface area contributed by atoms with Gasteiger partial charge in [-0.05, 0) is 56.6 Å². The highest BCUT2D eigenvalue weighted by Crippen LogP contribution is 2.28. The number of rotatable bonds is 10. The summed E-state index contributed by atoms with van der Waals surface area (Å²) >= 11 is 0. The van der Waals surface area contributed by atoms with Gasteiger partial charge < -0.3 is 25.4 Å². The smallest absolute Gasteiger partial charge is 0.149 e. The lowest BCUT2D eigenvalue weighted by Gasteiger charge is -2.30. The lowest BCUT2D eigenvalue weighted by Crippen LogP contribution is -2.38. The van der Waals surface area contributed by atoms with Gasteiger partial charge in [0, 0.05) is 56.6 Å². The van der Waals surface area contributed by atoms with Crippen LogP contribution in [0.4, 0.5) is 16.0 Å². The molecule has 2 aliphatic rings. The number of anilines is 2. The first-order valence-electron chi connectivity index (χ1n) is 12.0. The maximum atomic E-state index is 14.6. The first-order chi connectivity index (χ1) is 16.2. The summed E-state index contributed by atoms with van der Waals surface area (Å²) in [5.74, 6) is 1.54. The van der Waals surface area contributed by atoms with Crippen molar-refractivity contribution >= 4 is 11.6 Å². The Morgan fingerprint density at radius 2 is 1.82 bits per heavy atom. The summed E-state index contributed by atoms with van der Waals surface area (Å²) in [5.41, 5.74) is 1.17. The molecule has 0 amide bonds. The lowest BCUT2D eigenvalue weighted by molar-refractivity contribution is 0.0699. The van der Waals surface area contributed by atoms with E-state index in [-0.39, 0.29) is 5.82 Å². The summed E-state index contributed by atoms with van der Waals surface area (Å²) in [6, 6.07) is 4.50. The number of aromatic nitrogens is 3. The van der Waals surface area contributed by atoms with Crippen molar-refractivity contribution in [3.8, 4) is 11.1 Å². The van der Waals surface area contributed by atoms with Gasteiger partial charge in [-0.1, -0.05) is 0 Å². The first kappa shape index (κ1) is 23.8. The Bertz CT molecular complexity index is 872. The van der Waals surface area contributed by atoms with Crippen LogP contribution >= 0.6 is 0 Å². The molecule has 0 bridgehead atoms. The average Bonchev–Trinajstić information content (AvgIpc) is 2.86. The van der Waals surface area contributed by atoms with E-state index in [1.807, 2.05) is 6.07 Å². The van der Waals surface area contributed by atoms with Crippen LogP contribution in [0.25, 0.3) is 11.1 Å². The van der Waals surface area contributed by atoms with E-state index in [4.69, 9.17) is 9.47 Å². The number of ether oxygens (including phenoxy) is 2. The quantitative estimate of drug-likeness (QED) is 0.466. The van der Waals surface area contributed by atoms with Crippen molar-refractivity contribution in [3.63, 3.8) is 0 Å². The summed E-state index contributed by atoms with van der Waals surface area (Å²) in [4.78, 5) is 4.28. The third-order valence-electron chi connectivity index (χ3n) is 6.55. The molecule has 180 valence electrons. The molecule has 4 rings (SSSR count). The Balaban J connectivity index is 1.34. The average molecular weight is 459 g/mol. The van der Waals surface area contributed by atoms with Crippen LogP contribution in [0.3, 0.4) is 0 Å². The van der Waals surface area contributed by atoms with Gasteiger partial charge >= 0.3 is 0 Å². The van der Waals surface area contributed by atoms with Crippen molar-refractivity contribution in [2.75, 3.05) is 50.7 Å². The Hall–Kier alpha value is -2.36. The molecule has 0 aromatic carbocycles. The molecular formula is C24H35FN6O2. The van der Waals surface area contributed by atoms with Crippen LogP contribution in [-0.2, 0) is 9.47 Å². The van der Waals surface area contributed by atoms with E-state index in [0.717, 1.165) is 71.4 Å². The summed E-state index contributed by atoms with van der Waals surface area (Å²) in [6.45, 7) is 4.05. The van der Waals surface area contributed by atoms with Crippen LogP contribution in [0.1, 0.15) is 38.5 Å². The molecule has 2 fully saturated rings. The molecule has 9 heteroatoms. The zero-order valence-electron chi connectivity index (χ0n) is 19.4. The molecule has 0 radical (unpaired) electrons. The Kier molecular flexibility index (Phi) is 8.79. The summed E-state index contributed by atoms with van der Waals surface area (Å²) in [5, 5.41) is 18.6. The number of halogens is 1. The summed E-state index contributed by atoms with van der Waals surface area (Å²) in [6.07, 6.45) is 9.27. The molecule has 2 aromatic rings. The maximum absolute atomic E-state index is 14.6. The molecular weight excluding hydrogens is 423 g/mol. The largest absolute Gasteiger partial charge is 0.383 e. The number of pyridine rings is 1. The van der Waals surface area contributed by atoms with Crippen molar-refractivity contribution < 1.29 is 13.9 Å². The predicted octanol–water partition coefficient (Wildman–Crippen LogP) is 3.48. The molecule has 0 unspecified atom stereocenters. The van der Waals surface area contributed by atoms with Gasteiger partial charge in [0.05, 0.1) is 19.0 Å². The van der Waals surface area contributed by atoms with Gasteiger partial charge in [-0.2, -0.15) is 5.10 Å². The fraction of sp³-hybridized carbons (Fsp3) is 0.625. The number of hydrogen-bond acceptors (Lipinski definition) is 8. The van der Waals surface area contributed by atoms with Crippen molar-refractivity contribution in [2.24, 2.45) is 5.92 Å². The standard InChI is InChI=1S/C24H35FN6O2/c1-32-11-8-26-19-2-4-20(5-3-19)30-23-13-21(22(25)16-28-23)18-12-24(31-29-15-18)27-14-17-6-9-33-10-7-17/h12-13,15-17,19-20,26H,2-11,14H2,1H3,(H,27,31)(H,28,30). The van der Waals surface area contributed by atoms with E-state index in [1.165, 1.54) is 6.20 Å². The highest BCUT2D eigenvalue weighted by Gasteiger charge is 2.21. The minimum atomic E-state index is -0.366. The van der Waals surface area contributed by atoms with Crippen LogP contribution in [0, 0.1) is 11.7 Å². The summed E-state index contributed by atoms with van der Waals surface area (Å²) < 4.78 is 25.2. The Morgan fingerprint density at radius 1 is 1.03 bits per heavy atom. The first-order valence-corrected chi connectivity index (χ1v) is 12.0. The van der Waals surface area contributed by atoms with Crippen molar-refractivity contribution in [1.29, 1.82) is 0 Å². The van der Waals surface area contributed by atoms with Crippen LogP contribution in [-0.4, -0.2) is 67.3 Å². The fourth-order valence-electron chi connectivity index (χ4n) is 4.55. The normalized spacial score (nSPS) is 21.6. The second-order valence-corrected chi connectivity index (χ2v) is 8.96. The van der Waals surface area contributed by atoms with Gasteiger partial charge in [0.2, 0.25) is 0 Å². The van der Waals surface area contributed by atoms with E-state index in [0.29, 0.717) is 40.8 Å². The third kappa shape index (κ3) is 7.06. The van der Waals surface area contributed by atoms with Crippen molar-refractivity contribution in [3.05, 3.63) is 30.3 Å². The molecule has 8 nitrogen and oxygen atoms in total. The fourth-order valence-corrected chi connectivity index (χ4v) is 4.55. The number of nitrogens with one attached hydrogen (secondary N) is 3. The van der Waals surface area contributed by atoms with Gasteiger partial charge in [-0.15, -0.1) is 5.10 Å². The zero-order valence-corrected chi connectivity index (χ0v) is 19.4. The van der Waals surface area contributed by atoms with Crippen molar-refractivity contribution in [1.82, 2.24) is 20.5 Å². The molecule has 3 N–H and O–H groups in total. The van der Waals surface area contributed by atoms with Gasteiger partial charge in [-0.3, -0.25) is 0 Å². The molecule has 1 aliphatic heterocycles. The van der Waals surface area contributed by atoms with E-state index >= 15 is 0 Å². The second kappa shape index (κ2) is 12.2. The maximum Gasteiger partial charge on any atom is 0.149 e. The van der Waals surface area contributed by atoms with Crippen LogP contribution in [0.15, 0.2) is 24.5 Å². The minimum Gasteiger partial charge on any atom is -0.383 e. The molecule has 2 aromatic heterocycles. The molecule has 33 heavy (non-hydrogen) atoms. The van der Waals surface area contributed by atoms with E-state index in [2.05, 4.69) is 31.1 Å². The van der Waals surface area contributed by atoms with Gasteiger partial charge in [0.1, 0.15) is 17.5 Å². The van der Waals surface area contributed by atoms with Gasteiger partial charge in [0.25, 0.3) is 0 Å². The molecule has 1 saturated heterocycles. The van der Waals surface area contributed by atoms with Gasteiger partial charge in [-0.25, -0.2) is 9.37 Å². The molecule has 0 spiro atoms. The van der Waals surface area contributed by atoms with Crippen LogP contribution < -0.4 is 16.0 Å². The molecule has 0 atom stereocenters. The topological polar surface area (TPSA) is 93.2 Å². The van der Waals surface area contributed by atoms with Gasteiger partial charge in [0.15, 0.2) is 0 Å². The van der Waals surface area contributed by atoms with Crippen LogP contribution in [0.2, 0.25) is 0 Å². The van der Waals surface area contributed by atoms with E-state index in [9.17, 15) is 4.39 Å². The minimum absolute atomic E-state index is 0.337. The molecule has 3 heterocycles. The Morgan fingerprint density at radius 3 is 2.61 bits per heavy atom. The monoisotopic (exact) mass is 458 g/mol. The van der Waals surface area contributed by atoms with E-state index in [1.54, 1.807) is 19.4 Å². The predicted molar refractivity (Wildman–Crippen MR) is 127 cm³/mol. The molecule has 1 saturated carbocycles. The number of hydrogen-bond donors (Lipinski definition) is 3. The number of nitrogens with zero attached hydrogens (tertiary/aromatic N) is 3. The zero-order chi connectivity index (χ0) is 22.9. The third-order valence-corrected chi connectivity index (χ3v) is 6.55. The number of methoxy groups -OCH3 is 1. The second-order valence-electron chi connectivity index (χ2n) is 8.96. The highest BCUT2D eigenvalue weighted by atomic mass is 19.1. The van der Waals surface area contributed by atoms with Crippen LogP contribution in [0.5, 0.6) is 0 Å². The van der Waals surface area contributed by atoms with Crippen molar-refractivity contribution in [2.45, 2.75) is 50.6 Å². The Labute approximate surface area is 195 Å².